The summed E-state index contributed by atoms with van der Waals surface area (Å²) in [6.45, 7) is 6.08. The SMILES string of the molecule is O=C(c1ccncc1)N1C[C@H]2CN(CC3CCCO3)CC[C@H]2C1. The molecule has 0 N–H and O–H groups in total. The van der Waals surface area contributed by atoms with Gasteiger partial charge < -0.3 is 14.5 Å². The van der Waals surface area contributed by atoms with Gasteiger partial charge in [-0.15, -0.1) is 0 Å². The van der Waals surface area contributed by atoms with E-state index in [1.807, 2.05) is 17.0 Å². The smallest absolute Gasteiger partial charge is 0.253 e. The fraction of sp³-hybridized carbons (Fsp3) is 0.667. The molecular weight excluding hydrogens is 290 g/mol. The van der Waals surface area contributed by atoms with Crippen LogP contribution >= 0.6 is 0 Å². The molecule has 3 saturated heterocycles. The monoisotopic (exact) mass is 315 g/mol. The predicted octanol–water partition coefficient (Wildman–Crippen LogP) is 1.65. The van der Waals surface area contributed by atoms with Gasteiger partial charge in [0.1, 0.15) is 0 Å². The lowest BCUT2D eigenvalue weighted by Crippen LogP contribution is -2.43. The first-order valence-corrected chi connectivity index (χ1v) is 8.83. The van der Waals surface area contributed by atoms with Crippen molar-refractivity contribution < 1.29 is 9.53 Å². The molecule has 23 heavy (non-hydrogen) atoms. The highest BCUT2D eigenvalue weighted by Gasteiger charge is 2.39. The average Bonchev–Trinajstić information content (AvgIpc) is 3.24. The minimum atomic E-state index is 0.160. The number of pyridine rings is 1. The first-order chi connectivity index (χ1) is 11.3. The maximum absolute atomic E-state index is 12.6. The fourth-order valence-electron chi connectivity index (χ4n) is 4.33. The molecule has 0 aromatic carbocycles. The maximum atomic E-state index is 12.6. The van der Waals surface area contributed by atoms with E-state index in [0.717, 1.165) is 44.9 Å². The number of nitrogens with zero attached hydrogens (tertiary/aromatic N) is 3. The maximum Gasteiger partial charge on any atom is 0.253 e. The van der Waals surface area contributed by atoms with Gasteiger partial charge in [0.15, 0.2) is 0 Å². The van der Waals surface area contributed by atoms with E-state index in [4.69, 9.17) is 4.74 Å². The van der Waals surface area contributed by atoms with Crippen LogP contribution < -0.4 is 0 Å². The summed E-state index contributed by atoms with van der Waals surface area (Å²) in [5, 5.41) is 0. The quantitative estimate of drug-likeness (QED) is 0.851. The lowest BCUT2D eigenvalue weighted by molar-refractivity contribution is 0.0506. The molecule has 0 radical (unpaired) electrons. The Bertz CT molecular complexity index is 544. The molecule has 3 aliphatic heterocycles. The van der Waals surface area contributed by atoms with E-state index < -0.39 is 0 Å². The number of rotatable bonds is 3. The third kappa shape index (κ3) is 3.26. The van der Waals surface area contributed by atoms with E-state index in [0.29, 0.717) is 17.9 Å². The molecule has 4 heterocycles. The van der Waals surface area contributed by atoms with E-state index in [9.17, 15) is 4.79 Å². The molecule has 124 valence electrons. The largest absolute Gasteiger partial charge is 0.377 e. The number of aromatic nitrogens is 1. The molecule has 1 aromatic heterocycles. The van der Waals surface area contributed by atoms with E-state index in [1.165, 1.54) is 19.3 Å². The molecule has 1 amide bonds. The van der Waals surface area contributed by atoms with E-state index in [2.05, 4.69) is 9.88 Å². The number of fused-ring (bicyclic) bond motifs is 1. The van der Waals surface area contributed by atoms with Crippen molar-refractivity contribution in [1.29, 1.82) is 0 Å². The van der Waals surface area contributed by atoms with Crippen LogP contribution in [0.25, 0.3) is 0 Å². The van der Waals surface area contributed by atoms with Gasteiger partial charge in [0.25, 0.3) is 5.91 Å². The summed E-state index contributed by atoms with van der Waals surface area (Å²) < 4.78 is 5.77. The van der Waals surface area contributed by atoms with Crippen LogP contribution in [0.4, 0.5) is 0 Å². The van der Waals surface area contributed by atoms with Gasteiger partial charge in [-0.25, -0.2) is 0 Å². The number of carbonyl (C=O) groups is 1. The number of piperidine rings is 1. The Balaban J connectivity index is 1.35. The van der Waals surface area contributed by atoms with Gasteiger partial charge in [0.05, 0.1) is 6.10 Å². The van der Waals surface area contributed by atoms with Gasteiger partial charge in [-0.2, -0.15) is 0 Å². The Kier molecular flexibility index (Phi) is 4.31. The Morgan fingerprint density at radius 2 is 2.00 bits per heavy atom. The number of likely N-dealkylation sites (tertiary alicyclic amines) is 2. The van der Waals surface area contributed by atoms with Crippen molar-refractivity contribution in [2.45, 2.75) is 25.4 Å². The summed E-state index contributed by atoms with van der Waals surface area (Å²) in [7, 11) is 0. The molecule has 0 spiro atoms. The highest BCUT2D eigenvalue weighted by Crippen LogP contribution is 2.32. The number of hydrogen-bond donors (Lipinski definition) is 0. The lowest BCUT2D eigenvalue weighted by atomic mass is 9.88. The van der Waals surface area contributed by atoms with Crippen LogP contribution in [0.1, 0.15) is 29.6 Å². The summed E-state index contributed by atoms with van der Waals surface area (Å²) in [5.74, 6) is 1.45. The first kappa shape index (κ1) is 15.1. The Morgan fingerprint density at radius 1 is 1.17 bits per heavy atom. The molecule has 1 unspecified atom stereocenters. The molecule has 4 rings (SSSR count). The Morgan fingerprint density at radius 3 is 2.78 bits per heavy atom. The molecule has 5 heteroatoms. The summed E-state index contributed by atoms with van der Waals surface area (Å²) in [5.41, 5.74) is 0.759. The molecule has 0 aliphatic carbocycles. The Hall–Kier alpha value is -1.46. The van der Waals surface area contributed by atoms with Gasteiger partial charge in [-0.05, 0) is 49.8 Å². The third-order valence-corrected chi connectivity index (χ3v) is 5.59. The third-order valence-electron chi connectivity index (χ3n) is 5.59. The van der Waals surface area contributed by atoms with E-state index in [1.54, 1.807) is 12.4 Å². The van der Waals surface area contributed by atoms with Gasteiger partial charge in [-0.1, -0.05) is 0 Å². The van der Waals surface area contributed by atoms with Crippen LogP contribution in [0.15, 0.2) is 24.5 Å². The highest BCUT2D eigenvalue weighted by molar-refractivity contribution is 5.94. The first-order valence-electron chi connectivity index (χ1n) is 8.83. The summed E-state index contributed by atoms with van der Waals surface area (Å²) in [6, 6.07) is 3.63. The molecule has 3 fully saturated rings. The second kappa shape index (κ2) is 6.57. The molecule has 3 aliphatic rings. The minimum absolute atomic E-state index is 0.160. The highest BCUT2D eigenvalue weighted by atomic mass is 16.5. The zero-order valence-corrected chi connectivity index (χ0v) is 13.6. The number of amides is 1. The van der Waals surface area contributed by atoms with E-state index in [-0.39, 0.29) is 5.91 Å². The van der Waals surface area contributed by atoms with Crippen LogP contribution in [-0.4, -0.2) is 66.1 Å². The zero-order valence-electron chi connectivity index (χ0n) is 13.6. The molecular formula is C18H25N3O2. The number of carbonyl (C=O) groups excluding carboxylic acids is 1. The zero-order chi connectivity index (χ0) is 15.6. The van der Waals surface area contributed by atoms with Crippen molar-refractivity contribution >= 4 is 5.91 Å². The van der Waals surface area contributed by atoms with Crippen molar-refractivity contribution in [1.82, 2.24) is 14.8 Å². The van der Waals surface area contributed by atoms with Gasteiger partial charge in [-0.3, -0.25) is 9.78 Å². The summed E-state index contributed by atoms with van der Waals surface area (Å²) >= 11 is 0. The predicted molar refractivity (Wildman–Crippen MR) is 87.2 cm³/mol. The molecule has 0 bridgehead atoms. The Labute approximate surface area is 137 Å². The van der Waals surface area contributed by atoms with Gasteiger partial charge in [0, 0.05) is 50.7 Å². The minimum Gasteiger partial charge on any atom is -0.377 e. The van der Waals surface area contributed by atoms with Crippen LogP contribution in [-0.2, 0) is 4.74 Å². The standard InChI is InChI=1S/C18H25N3O2/c22-18(14-3-6-19-7-4-14)21-11-15-5-8-20(10-16(15)12-21)13-17-2-1-9-23-17/h3-4,6-7,15-17H,1-2,5,8-13H2/t15-,16+,17?/m0/s1. The van der Waals surface area contributed by atoms with Crippen molar-refractivity contribution in [2.24, 2.45) is 11.8 Å². The van der Waals surface area contributed by atoms with Crippen LogP contribution in [0.3, 0.4) is 0 Å². The van der Waals surface area contributed by atoms with Crippen LogP contribution in [0.5, 0.6) is 0 Å². The summed E-state index contributed by atoms with van der Waals surface area (Å²) in [6.07, 6.45) is 7.44. The normalized spacial score (nSPS) is 31.3. The summed E-state index contributed by atoms with van der Waals surface area (Å²) in [4.78, 5) is 21.2. The van der Waals surface area contributed by atoms with Crippen molar-refractivity contribution in [3.8, 4) is 0 Å². The van der Waals surface area contributed by atoms with E-state index >= 15 is 0 Å². The van der Waals surface area contributed by atoms with Crippen molar-refractivity contribution in [3.05, 3.63) is 30.1 Å². The molecule has 0 saturated carbocycles. The fourth-order valence-corrected chi connectivity index (χ4v) is 4.33. The van der Waals surface area contributed by atoms with Gasteiger partial charge in [0.2, 0.25) is 0 Å². The second-order valence-corrected chi connectivity index (χ2v) is 7.15. The van der Waals surface area contributed by atoms with Crippen molar-refractivity contribution in [3.63, 3.8) is 0 Å². The average molecular weight is 315 g/mol. The molecule has 3 atom stereocenters. The van der Waals surface area contributed by atoms with Gasteiger partial charge >= 0.3 is 0 Å². The molecule has 1 aromatic rings. The lowest BCUT2D eigenvalue weighted by Gasteiger charge is -2.35. The number of ether oxygens (including phenoxy) is 1. The van der Waals surface area contributed by atoms with Crippen molar-refractivity contribution in [2.75, 3.05) is 39.3 Å². The number of hydrogen-bond acceptors (Lipinski definition) is 4. The second-order valence-electron chi connectivity index (χ2n) is 7.15. The van der Waals surface area contributed by atoms with Crippen LogP contribution in [0, 0.1) is 11.8 Å². The topological polar surface area (TPSA) is 45.7 Å². The van der Waals surface area contributed by atoms with Crippen LogP contribution in [0.2, 0.25) is 0 Å². The molecule has 5 nitrogen and oxygen atoms in total.